The van der Waals surface area contributed by atoms with E-state index >= 15 is 0 Å². The van der Waals surface area contributed by atoms with Crippen LogP contribution in [0.5, 0.6) is 0 Å². The average Bonchev–Trinajstić information content (AvgIpc) is 2.07. The first-order valence-electron chi connectivity index (χ1n) is 5.28. The van der Waals surface area contributed by atoms with Crippen LogP contribution in [0.3, 0.4) is 0 Å². The Bertz CT molecular complexity index is 156. The van der Waals surface area contributed by atoms with Crippen molar-refractivity contribution in [3.8, 4) is 0 Å². The lowest BCUT2D eigenvalue weighted by Gasteiger charge is -2.40. The summed E-state index contributed by atoms with van der Waals surface area (Å²) in [6.45, 7) is 8.42. The fourth-order valence-electron chi connectivity index (χ4n) is 2.03. The molecule has 1 saturated carbocycles. The van der Waals surface area contributed by atoms with Gasteiger partial charge in [-0.25, -0.2) is 0 Å². The van der Waals surface area contributed by atoms with Gasteiger partial charge in [-0.1, -0.05) is 13.8 Å². The van der Waals surface area contributed by atoms with Crippen LogP contribution in [0.25, 0.3) is 0 Å². The van der Waals surface area contributed by atoms with E-state index in [1.807, 2.05) is 6.92 Å². The Morgan fingerprint density at radius 1 is 1.46 bits per heavy atom. The Hall–Kier alpha value is 0.250. The van der Waals surface area contributed by atoms with Crippen LogP contribution in [0.15, 0.2) is 0 Å². The SMILES string of the molecule is CCOCC1CC(Cl)CCC1(C)C. The zero-order valence-electron chi connectivity index (χ0n) is 8.98. The maximum absolute atomic E-state index is 6.16. The molecule has 0 aromatic rings. The molecule has 2 atom stereocenters. The summed E-state index contributed by atoms with van der Waals surface area (Å²) >= 11 is 6.16. The second-order valence-electron chi connectivity index (χ2n) is 4.72. The van der Waals surface area contributed by atoms with Gasteiger partial charge in [0.2, 0.25) is 0 Å². The third kappa shape index (κ3) is 3.14. The Morgan fingerprint density at radius 2 is 2.15 bits per heavy atom. The summed E-state index contributed by atoms with van der Waals surface area (Å²) in [5.41, 5.74) is 0.417. The van der Waals surface area contributed by atoms with Crippen LogP contribution in [0.4, 0.5) is 0 Å². The molecule has 0 amide bonds. The van der Waals surface area contributed by atoms with E-state index in [9.17, 15) is 0 Å². The highest BCUT2D eigenvalue weighted by Crippen LogP contribution is 2.42. The first-order chi connectivity index (χ1) is 6.06. The zero-order chi connectivity index (χ0) is 9.90. The predicted molar refractivity (Wildman–Crippen MR) is 57.3 cm³/mol. The molecule has 0 saturated heterocycles. The normalized spacial score (nSPS) is 33.2. The fourth-order valence-corrected chi connectivity index (χ4v) is 2.36. The van der Waals surface area contributed by atoms with Crippen molar-refractivity contribution in [3.63, 3.8) is 0 Å². The molecule has 13 heavy (non-hydrogen) atoms. The third-order valence-electron chi connectivity index (χ3n) is 3.27. The van der Waals surface area contributed by atoms with E-state index in [0.29, 0.717) is 16.7 Å². The summed E-state index contributed by atoms with van der Waals surface area (Å²) in [5.74, 6) is 0.642. The summed E-state index contributed by atoms with van der Waals surface area (Å²) in [6, 6.07) is 0. The van der Waals surface area contributed by atoms with Crippen molar-refractivity contribution in [3.05, 3.63) is 0 Å². The zero-order valence-corrected chi connectivity index (χ0v) is 9.73. The first kappa shape index (κ1) is 11.3. The van der Waals surface area contributed by atoms with E-state index in [2.05, 4.69) is 13.8 Å². The molecule has 0 N–H and O–H groups in total. The highest BCUT2D eigenvalue weighted by atomic mass is 35.5. The molecular formula is C11H21ClO. The maximum Gasteiger partial charge on any atom is 0.0499 e. The van der Waals surface area contributed by atoms with Crippen molar-refractivity contribution < 1.29 is 4.74 Å². The Labute approximate surface area is 86.8 Å². The lowest BCUT2D eigenvalue weighted by atomic mass is 9.69. The molecule has 0 bridgehead atoms. The van der Waals surface area contributed by atoms with E-state index in [-0.39, 0.29) is 0 Å². The molecule has 1 aliphatic rings. The van der Waals surface area contributed by atoms with Gasteiger partial charge in [0.25, 0.3) is 0 Å². The van der Waals surface area contributed by atoms with E-state index in [1.165, 1.54) is 6.42 Å². The van der Waals surface area contributed by atoms with Crippen molar-refractivity contribution >= 4 is 11.6 Å². The van der Waals surface area contributed by atoms with Crippen molar-refractivity contribution in [2.75, 3.05) is 13.2 Å². The van der Waals surface area contributed by atoms with Gasteiger partial charge < -0.3 is 4.74 Å². The van der Waals surface area contributed by atoms with Gasteiger partial charge in [0.1, 0.15) is 0 Å². The number of hydrogen-bond donors (Lipinski definition) is 0. The van der Waals surface area contributed by atoms with Gasteiger partial charge in [-0.15, -0.1) is 11.6 Å². The molecule has 0 aromatic carbocycles. The van der Waals surface area contributed by atoms with Crippen LogP contribution in [-0.4, -0.2) is 18.6 Å². The molecule has 78 valence electrons. The third-order valence-corrected chi connectivity index (χ3v) is 3.67. The minimum atomic E-state index is 0.374. The molecule has 2 unspecified atom stereocenters. The van der Waals surface area contributed by atoms with E-state index in [0.717, 1.165) is 26.1 Å². The van der Waals surface area contributed by atoms with Crippen LogP contribution < -0.4 is 0 Å². The standard InChI is InChI=1S/C11H21ClO/c1-4-13-8-9-7-10(12)5-6-11(9,2)3/h9-10H,4-8H2,1-3H3. The molecular weight excluding hydrogens is 184 g/mol. The lowest BCUT2D eigenvalue weighted by molar-refractivity contribution is 0.0305. The van der Waals surface area contributed by atoms with E-state index < -0.39 is 0 Å². The number of rotatable bonds is 3. The highest BCUT2D eigenvalue weighted by molar-refractivity contribution is 6.20. The van der Waals surface area contributed by atoms with Gasteiger partial charge in [0.05, 0.1) is 0 Å². The minimum absolute atomic E-state index is 0.374. The number of ether oxygens (including phenoxy) is 1. The number of hydrogen-bond acceptors (Lipinski definition) is 1. The predicted octanol–water partition coefficient (Wildman–Crippen LogP) is 3.46. The molecule has 0 aliphatic heterocycles. The molecule has 1 rings (SSSR count). The Kier molecular flexibility index (Phi) is 4.06. The van der Waals surface area contributed by atoms with Crippen LogP contribution in [0, 0.1) is 11.3 Å². The molecule has 1 nitrogen and oxygen atoms in total. The van der Waals surface area contributed by atoms with Crippen LogP contribution in [0.2, 0.25) is 0 Å². The summed E-state index contributed by atoms with van der Waals surface area (Å²) in [4.78, 5) is 0. The van der Waals surface area contributed by atoms with E-state index in [1.54, 1.807) is 0 Å². The van der Waals surface area contributed by atoms with Crippen LogP contribution >= 0.6 is 11.6 Å². The second-order valence-corrected chi connectivity index (χ2v) is 5.33. The fraction of sp³-hybridized carbons (Fsp3) is 1.00. The monoisotopic (exact) mass is 204 g/mol. The molecule has 2 heteroatoms. The van der Waals surface area contributed by atoms with Gasteiger partial charge in [-0.3, -0.25) is 0 Å². The van der Waals surface area contributed by atoms with Crippen LogP contribution in [0.1, 0.15) is 40.0 Å². The summed E-state index contributed by atoms with van der Waals surface area (Å²) in [6.07, 6.45) is 3.52. The highest BCUT2D eigenvalue weighted by Gasteiger charge is 2.35. The van der Waals surface area contributed by atoms with Crippen molar-refractivity contribution in [2.24, 2.45) is 11.3 Å². The van der Waals surface area contributed by atoms with Gasteiger partial charge in [-0.05, 0) is 37.5 Å². The largest absolute Gasteiger partial charge is 0.381 e. The quantitative estimate of drug-likeness (QED) is 0.640. The molecule has 0 spiro atoms. The molecule has 1 fully saturated rings. The van der Waals surface area contributed by atoms with Gasteiger partial charge in [-0.2, -0.15) is 0 Å². The van der Waals surface area contributed by atoms with Crippen molar-refractivity contribution in [2.45, 2.75) is 45.4 Å². The van der Waals surface area contributed by atoms with Crippen molar-refractivity contribution in [1.82, 2.24) is 0 Å². The smallest absolute Gasteiger partial charge is 0.0499 e. The molecule has 0 radical (unpaired) electrons. The molecule has 1 aliphatic carbocycles. The molecule has 0 heterocycles. The first-order valence-corrected chi connectivity index (χ1v) is 5.71. The topological polar surface area (TPSA) is 9.23 Å². The Morgan fingerprint density at radius 3 is 2.77 bits per heavy atom. The van der Waals surface area contributed by atoms with E-state index in [4.69, 9.17) is 16.3 Å². The Balaban J connectivity index is 2.46. The average molecular weight is 205 g/mol. The maximum atomic E-state index is 6.16. The van der Waals surface area contributed by atoms with Gasteiger partial charge in [0.15, 0.2) is 0 Å². The van der Waals surface area contributed by atoms with Crippen molar-refractivity contribution in [1.29, 1.82) is 0 Å². The molecule has 0 aromatic heterocycles. The van der Waals surface area contributed by atoms with Crippen LogP contribution in [-0.2, 0) is 4.74 Å². The summed E-state index contributed by atoms with van der Waals surface area (Å²) in [5, 5.41) is 0.374. The lowest BCUT2D eigenvalue weighted by Crippen LogP contribution is -2.35. The van der Waals surface area contributed by atoms with Gasteiger partial charge in [0, 0.05) is 18.6 Å². The second kappa shape index (κ2) is 4.65. The van der Waals surface area contributed by atoms with Gasteiger partial charge >= 0.3 is 0 Å². The number of alkyl halides is 1. The summed E-state index contributed by atoms with van der Waals surface area (Å²) < 4.78 is 5.50. The number of halogens is 1. The minimum Gasteiger partial charge on any atom is -0.381 e. The summed E-state index contributed by atoms with van der Waals surface area (Å²) in [7, 11) is 0.